The predicted octanol–water partition coefficient (Wildman–Crippen LogP) is 4.26. The van der Waals surface area contributed by atoms with Gasteiger partial charge in [0.1, 0.15) is 17.5 Å². The fourth-order valence-corrected chi connectivity index (χ4v) is 3.44. The summed E-state index contributed by atoms with van der Waals surface area (Å²) in [6.07, 6.45) is 10.2. The summed E-state index contributed by atoms with van der Waals surface area (Å²) >= 11 is 0. The molecule has 1 saturated heterocycles. The lowest BCUT2D eigenvalue weighted by molar-refractivity contribution is 0.573. The van der Waals surface area contributed by atoms with Crippen LogP contribution in [0.25, 0.3) is 17.5 Å². The van der Waals surface area contributed by atoms with Gasteiger partial charge in [-0.25, -0.2) is 14.4 Å². The Hall–Kier alpha value is -3.02. The number of anilines is 1. The molecule has 0 amide bonds. The zero-order chi connectivity index (χ0) is 19.3. The lowest BCUT2D eigenvalue weighted by atomic mass is 10.1. The van der Waals surface area contributed by atoms with Crippen molar-refractivity contribution in [3.05, 3.63) is 65.9 Å². The summed E-state index contributed by atoms with van der Waals surface area (Å²) in [5.41, 5.74) is 1.95. The van der Waals surface area contributed by atoms with E-state index in [1.54, 1.807) is 12.1 Å². The van der Waals surface area contributed by atoms with Crippen molar-refractivity contribution in [2.75, 3.05) is 18.0 Å². The van der Waals surface area contributed by atoms with E-state index < -0.39 is 0 Å². The Balaban J connectivity index is 1.48. The van der Waals surface area contributed by atoms with Crippen molar-refractivity contribution in [2.45, 2.75) is 25.7 Å². The average molecular weight is 377 g/mol. The van der Waals surface area contributed by atoms with Crippen LogP contribution in [0.15, 0.2) is 48.7 Å². The highest BCUT2D eigenvalue weighted by Gasteiger charge is 2.14. The highest BCUT2D eigenvalue weighted by atomic mass is 19.1. The number of halogens is 1. The number of hydrogen-bond acceptors (Lipinski definition) is 4. The topological polar surface area (TPSA) is 46.8 Å². The first kappa shape index (κ1) is 18.3. The van der Waals surface area contributed by atoms with Crippen LogP contribution in [0.3, 0.4) is 0 Å². The molecule has 144 valence electrons. The van der Waals surface area contributed by atoms with Crippen molar-refractivity contribution < 1.29 is 4.39 Å². The van der Waals surface area contributed by atoms with E-state index in [1.807, 2.05) is 36.1 Å². The van der Waals surface area contributed by atoms with Crippen molar-refractivity contribution in [1.29, 1.82) is 0 Å². The molecule has 0 saturated carbocycles. The minimum atomic E-state index is -0.226. The molecule has 1 aromatic carbocycles. The number of pyridine rings is 1. The number of benzene rings is 1. The molecule has 1 aliphatic heterocycles. The van der Waals surface area contributed by atoms with Gasteiger partial charge in [0.25, 0.3) is 0 Å². The zero-order valence-corrected chi connectivity index (χ0v) is 16.1. The Morgan fingerprint density at radius 2 is 1.86 bits per heavy atom. The molecule has 2 aromatic heterocycles. The summed E-state index contributed by atoms with van der Waals surface area (Å²) in [5.74, 6) is 2.37. The van der Waals surface area contributed by atoms with Gasteiger partial charge in [-0.3, -0.25) is 4.68 Å². The third-order valence-corrected chi connectivity index (χ3v) is 5.02. The van der Waals surface area contributed by atoms with Crippen LogP contribution in [0.1, 0.15) is 30.7 Å². The van der Waals surface area contributed by atoms with E-state index in [4.69, 9.17) is 4.98 Å². The molecule has 0 radical (unpaired) electrons. The number of rotatable bonds is 5. The zero-order valence-electron chi connectivity index (χ0n) is 16.1. The molecule has 3 aromatic rings. The van der Waals surface area contributed by atoms with E-state index in [0.717, 1.165) is 35.9 Å². The lowest BCUT2D eigenvalue weighted by Gasteiger charge is -2.27. The molecule has 5 nitrogen and oxygen atoms in total. The molecule has 0 spiro atoms. The van der Waals surface area contributed by atoms with Crippen LogP contribution in [0, 0.1) is 5.82 Å². The van der Waals surface area contributed by atoms with Gasteiger partial charge in [-0.15, -0.1) is 0 Å². The van der Waals surface area contributed by atoms with Crippen LogP contribution in [0.5, 0.6) is 0 Å². The second-order valence-corrected chi connectivity index (χ2v) is 7.08. The van der Waals surface area contributed by atoms with Crippen LogP contribution in [0.2, 0.25) is 0 Å². The summed E-state index contributed by atoms with van der Waals surface area (Å²) in [5, 5.41) is 4.58. The fourth-order valence-electron chi connectivity index (χ4n) is 3.44. The first-order valence-electron chi connectivity index (χ1n) is 9.72. The third-order valence-electron chi connectivity index (χ3n) is 5.02. The second-order valence-electron chi connectivity index (χ2n) is 7.08. The van der Waals surface area contributed by atoms with Crippen LogP contribution >= 0.6 is 0 Å². The first-order chi connectivity index (χ1) is 13.7. The molecule has 0 aliphatic carbocycles. The monoisotopic (exact) mass is 377 g/mol. The molecule has 1 fully saturated rings. The van der Waals surface area contributed by atoms with Crippen molar-refractivity contribution in [2.24, 2.45) is 7.05 Å². The molecule has 6 heteroatoms. The van der Waals surface area contributed by atoms with Gasteiger partial charge in [-0.1, -0.05) is 24.3 Å². The molecule has 28 heavy (non-hydrogen) atoms. The summed E-state index contributed by atoms with van der Waals surface area (Å²) in [4.78, 5) is 11.6. The van der Waals surface area contributed by atoms with E-state index in [-0.39, 0.29) is 5.82 Å². The second kappa shape index (κ2) is 8.33. The normalized spacial score (nSPS) is 14.7. The molecule has 0 unspecified atom stereocenters. The number of allylic oxidation sites excluding steroid dienone is 1. The smallest absolute Gasteiger partial charge is 0.181 e. The fraction of sp³-hybridized carbons (Fsp3) is 0.318. The largest absolute Gasteiger partial charge is 0.357 e. The minimum absolute atomic E-state index is 0.226. The maximum absolute atomic E-state index is 13.0. The van der Waals surface area contributed by atoms with E-state index in [1.165, 1.54) is 31.4 Å². The Morgan fingerprint density at radius 3 is 2.64 bits per heavy atom. The first-order valence-corrected chi connectivity index (χ1v) is 9.72. The quantitative estimate of drug-likeness (QED) is 0.666. The predicted molar refractivity (Wildman–Crippen MR) is 109 cm³/mol. The Kier molecular flexibility index (Phi) is 5.46. The van der Waals surface area contributed by atoms with Crippen LogP contribution < -0.4 is 4.90 Å². The Labute approximate surface area is 164 Å². The van der Waals surface area contributed by atoms with Crippen molar-refractivity contribution >= 4 is 11.9 Å². The van der Waals surface area contributed by atoms with Crippen LogP contribution in [0.4, 0.5) is 10.2 Å². The molecule has 0 N–H and O–H groups in total. The van der Waals surface area contributed by atoms with Gasteiger partial charge in [0.2, 0.25) is 0 Å². The Bertz CT molecular complexity index is 955. The SMILES string of the molecule is Cn1nc(-c2ccnc(N3CCCCC3)c2)nc1C/C=C/c1ccc(F)cc1. The molecular formula is C22H24FN5. The molecule has 0 atom stereocenters. The van der Waals surface area contributed by atoms with Crippen LogP contribution in [-0.2, 0) is 13.5 Å². The van der Waals surface area contributed by atoms with Crippen molar-refractivity contribution in [1.82, 2.24) is 19.7 Å². The van der Waals surface area contributed by atoms with E-state index in [0.29, 0.717) is 12.2 Å². The molecule has 3 heterocycles. The number of aryl methyl sites for hydroxylation is 1. The Morgan fingerprint density at radius 1 is 1.07 bits per heavy atom. The molecule has 1 aliphatic rings. The number of hydrogen-bond donors (Lipinski definition) is 0. The molecule has 4 rings (SSSR count). The summed E-state index contributed by atoms with van der Waals surface area (Å²) in [6.45, 7) is 2.12. The van der Waals surface area contributed by atoms with Gasteiger partial charge in [0.15, 0.2) is 5.82 Å². The number of aromatic nitrogens is 4. The van der Waals surface area contributed by atoms with Gasteiger partial charge in [-0.2, -0.15) is 5.10 Å². The maximum atomic E-state index is 13.0. The molecular weight excluding hydrogens is 353 g/mol. The van der Waals surface area contributed by atoms with Gasteiger partial charge in [0.05, 0.1) is 0 Å². The summed E-state index contributed by atoms with van der Waals surface area (Å²) in [6, 6.07) is 10.5. The number of nitrogens with zero attached hydrogens (tertiary/aromatic N) is 5. The van der Waals surface area contributed by atoms with Crippen LogP contribution in [-0.4, -0.2) is 32.8 Å². The van der Waals surface area contributed by atoms with Gasteiger partial charge >= 0.3 is 0 Å². The summed E-state index contributed by atoms with van der Waals surface area (Å²) in [7, 11) is 1.91. The van der Waals surface area contributed by atoms with Gasteiger partial charge < -0.3 is 4.90 Å². The highest BCUT2D eigenvalue weighted by Crippen LogP contribution is 2.23. The average Bonchev–Trinajstić information content (AvgIpc) is 3.11. The van der Waals surface area contributed by atoms with Crippen molar-refractivity contribution in [3.63, 3.8) is 0 Å². The lowest BCUT2D eigenvalue weighted by Crippen LogP contribution is -2.30. The van der Waals surface area contributed by atoms with E-state index >= 15 is 0 Å². The third kappa shape index (κ3) is 4.27. The number of piperidine rings is 1. The maximum Gasteiger partial charge on any atom is 0.181 e. The van der Waals surface area contributed by atoms with Gasteiger partial charge in [-0.05, 0) is 49.1 Å². The molecule has 0 bridgehead atoms. The standard InChI is InChI=1S/C22H24FN5/c1-27-20(7-5-6-17-8-10-19(23)11-9-17)25-22(26-27)18-12-13-24-21(16-18)28-14-3-2-4-15-28/h5-6,8-13,16H,2-4,7,14-15H2,1H3/b6-5+. The summed E-state index contributed by atoms with van der Waals surface area (Å²) < 4.78 is 14.8. The van der Waals surface area contributed by atoms with E-state index in [2.05, 4.69) is 21.0 Å². The highest BCUT2D eigenvalue weighted by molar-refractivity contribution is 5.60. The van der Waals surface area contributed by atoms with Gasteiger partial charge in [0, 0.05) is 38.3 Å². The van der Waals surface area contributed by atoms with Crippen molar-refractivity contribution in [3.8, 4) is 11.4 Å². The van der Waals surface area contributed by atoms with E-state index in [9.17, 15) is 4.39 Å². The minimum Gasteiger partial charge on any atom is -0.357 e.